The van der Waals surface area contributed by atoms with E-state index in [2.05, 4.69) is 51.8 Å². The minimum absolute atomic E-state index is 0. The first-order valence-electron chi connectivity index (χ1n) is 6.61. The Bertz CT molecular complexity index is 551. The van der Waals surface area contributed by atoms with E-state index in [0.29, 0.717) is 6.04 Å². The van der Waals surface area contributed by atoms with Crippen LogP contribution >= 0.6 is 12.4 Å². The van der Waals surface area contributed by atoms with E-state index in [-0.39, 0.29) is 12.4 Å². The maximum Gasteiger partial charge on any atom is 0.137 e. The van der Waals surface area contributed by atoms with Crippen LogP contribution in [-0.2, 0) is 6.54 Å². The number of nitrogens with zero attached hydrogens (tertiary/aromatic N) is 3. The minimum atomic E-state index is 0. The monoisotopic (exact) mass is 280 g/mol. The maximum absolute atomic E-state index is 4.48. The number of aromatic nitrogens is 2. The third-order valence-corrected chi connectivity index (χ3v) is 3.58. The van der Waals surface area contributed by atoms with Gasteiger partial charge in [-0.3, -0.25) is 4.90 Å². The van der Waals surface area contributed by atoms with E-state index < -0.39 is 0 Å². The van der Waals surface area contributed by atoms with Gasteiger partial charge in [-0.1, -0.05) is 0 Å². The van der Waals surface area contributed by atoms with Gasteiger partial charge in [0, 0.05) is 38.4 Å². The van der Waals surface area contributed by atoms with Gasteiger partial charge in [-0.25, -0.2) is 4.98 Å². The zero-order valence-corrected chi connectivity index (χ0v) is 12.3. The van der Waals surface area contributed by atoms with E-state index in [1.807, 2.05) is 6.20 Å². The molecule has 0 radical (unpaired) electrons. The van der Waals surface area contributed by atoms with Gasteiger partial charge in [-0.2, -0.15) is 0 Å². The highest BCUT2D eigenvalue weighted by Gasteiger charge is 2.16. The fraction of sp³-hybridized carbons (Fsp3) is 0.500. The van der Waals surface area contributed by atoms with Gasteiger partial charge >= 0.3 is 0 Å². The van der Waals surface area contributed by atoms with Gasteiger partial charge in [-0.05, 0) is 31.5 Å². The van der Waals surface area contributed by atoms with E-state index in [1.165, 1.54) is 11.3 Å². The molecule has 4 nitrogen and oxygen atoms in total. The van der Waals surface area contributed by atoms with Crippen LogP contribution in [0.15, 0.2) is 24.5 Å². The summed E-state index contributed by atoms with van der Waals surface area (Å²) in [4.78, 5) is 6.98. The van der Waals surface area contributed by atoms with Gasteiger partial charge in [-0.15, -0.1) is 12.4 Å². The normalized spacial score (nSPS) is 20.4. The van der Waals surface area contributed by atoms with Crippen LogP contribution < -0.4 is 5.32 Å². The van der Waals surface area contributed by atoms with Crippen LogP contribution in [0.4, 0.5) is 0 Å². The zero-order chi connectivity index (χ0) is 12.5. The lowest BCUT2D eigenvalue weighted by Gasteiger charge is -2.31. The molecule has 5 heteroatoms. The highest BCUT2D eigenvalue weighted by molar-refractivity contribution is 5.85. The molecule has 104 valence electrons. The molecule has 1 fully saturated rings. The van der Waals surface area contributed by atoms with Crippen LogP contribution in [0.5, 0.6) is 0 Å². The number of fused-ring (bicyclic) bond motifs is 1. The predicted octanol–water partition coefficient (Wildman–Crippen LogP) is 1.86. The van der Waals surface area contributed by atoms with Crippen molar-refractivity contribution in [2.75, 3.05) is 19.6 Å². The smallest absolute Gasteiger partial charge is 0.137 e. The summed E-state index contributed by atoms with van der Waals surface area (Å²) in [7, 11) is 0. The number of nitrogens with one attached hydrogen (secondary N) is 1. The molecule has 0 saturated carbocycles. The number of piperazine rings is 1. The summed E-state index contributed by atoms with van der Waals surface area (Å²) in [5, 5.41) is 3.47. The van der Waals surface area contributed by atoms with Gasteiger partial charge < -0.3 is 9.72 Å². The van der Waals surface area contributed by atoms with Crippen molar-refractivity contribution in [2.45, 2.75) is 26.4 Å². The fourth-order valence-electron chi connectivity index (χ4n) is 2.64. The molecule has 0 aliphatic carbocycles. The summed E-state index contributed by atoms with van der Waals surface area (Å²) in [6.07, 6.45) is 4.13. The standard InChI is InChI=1S/C14H20N4.ClH/c1-11-3-5-18-13(8-16-14(18)7-11)10-17-6-4-15-12(2)9-17;/h3,5,7-8,12,15H,4,6,9-10H2,1-2H3;1H. The van der Waals surface area contributed by atoms with Crippen LogP contribution in [0.3, 0.4) is 0 Å². The van der Waals surface area contributed by atoms with Gasteiger partial charge in [0.05, 0.1) is 11.9 Å². The average molecular weight is 281 g/mol. The number of hydrogen-bond acceptors (Lipinski definition) is 3. The number of halogens is 1. The lowest BCUT2D eigenvalue weighted by molar-refractivity contribution is 0.197. The second-order valence-corrected chi connectivity index (χ2v) is 5.27. The number of pyridine rings is 1. The Morgan fingerprint density at radius 3 is 3.11 bits per heavy atom. The van der Waals surface area contributed by atoms with E-state index >= 15 is 0 Å². The summed E-state index contributed by atoms with van der Waals surface area (Å²) < 4.78 is 2.19. The first-order chi connectivity index (χ1) is 8.72. The summed E-state index contributed by atoms with van der Waals surface area (Å²) in [6.45, 7) is 8.63. The summed E-state index contributed by atoms with van der Waals surface area (Å²) in [5.74, 6) is 0. The third-order valence-electron chi connectivity index (χ3n) is 3.58. The van der Waals surface area contributed by atoms with Crippen molar-refractivity contribution in [3.05, 3.63) is 35.8 Å². The Morgan fingerprint density at radius 1 is 1.47 bits per heavy atom. The Balaban J connectivity index is 0.00000133. The highest BCUT2D eigenvalue weighted by atomic mass is 35.5. The highest BCUT2D eigenvalue weighted by Crippen LogP contribution is 2.12. The summed E-state index contributed by atoms with van der Waals surface area (Å²) in [6, 6.07) is 4.85. The number of aryl methyl sites for hydroxylation is 1. The van der Waals surface area contributed by atoms with E-state index in [1.54, 1.807) is 0 Å². The molecule has 0 amide bonds. The van der Waals surface area contributed by atoms with Crippen LogP contribution in [0.2, 0.25) is 0 Å². The molecule has 19 heavy (non-hydrogen) atoms. The van der Waals surface area contributed by atoms with Crippen LogP contribution in [0.25, 0.3) is 5.65 Å². The number of imidazole rings is 1. The molecule has 1 aliphatic rings. The molecule has 1 saturated heterocycles. The Morgan fingerprint density at radius 2 is 2.32 bits per heavy atom. The third kappa shape index (κ3) is 3.08. The number of hydrogen-bond donors (Lipinski definition) is 1. The fourth-order valence-corrected chi connectivity index (χ4v) is 2.64. The molecular weight excluding hydrogens is 260 g/mol. The molecular formula is C14H21ClN4. The van der Waals surface area contributed by atoms with Crippen molar-refractivity contribution in [2.24, 2.45) is 0 Å². The molecule has 3 heterocycles. The number of rotatable bonds is 2. The minimum Gasteiger partial charge on any atom is -0.312 e. The molecule has 2 aromatic rings. The lowest BCUT2D eigenvalue weighted by atomic mass is 10.2. The van der Waals surface area contributed by atoms with Crippen molar-refractivity contribution >= 4 is 18.1 Å². The molecule has 0 spiro atoms. The topological polar surface area (TPSA) is 32.6 Å². The Hall–Kier alpha value is -1.10. The lowest BCUT2D eigenvalue weighted by Crippen LogP contribution is -2.48. The zero-order valence-electron chi connectivity index (χ0n) is 11.5. The second kappa shape index (κ2) is 5.90. The van der Waals surface area contributed by atoms with Crippen molar-refractivity contribution in [1.82, 2.24) is 19.6 Å². The Labute approximate surface area is 120 Å². The van der Waals surface area contributed by atoms with Gasteiger partial charge in [0.1, 0.15) is 5.65 Å². The Kier molecular flexibility index (Phi) is 4.45. The molecule has 1 N–H and O–H groups in total. The van der Waals surface area contributed by atoms with Crippen molar-refractivity contribution < 1.29 is 0 Å². The van der Waals surface area contributed by atoms with E-state index in [0.717, 1.165) is 31.8 Å². The summed E-state index contributed by atoms with van der Waals surface area (Å²) in [5.41, 5.74) is 3.59. The average Bonchev–Trinajstić information content (AvgIpc) is 2.72. The van der Waals surface area contributed by atoms with Crippen molar-refractivity contribution in [1.29, 1.82) is 0 Å². The van der Waals surface area contributed by atoms with Crippen molar-refractivity contribution in [3.8, 4) is 0 Å². The predicted molar refractivity (Wildman–Crippen MR) is 79.9 cm³/mol. The van der Waals surface area contributed by atoms with Gasteiger partial charge in [0.25, 0.3) is 0 Å². The molecule has 0 aromatic carbocycles. The van der Waals surface area contributed by atoms with Gasteiger partial charge in [0.15, 0.2) is 0 Å². The molecule has 2 aromatic heterocycles. The van der Waals surface area contributed by atoms with Gasteiger partial charge in [0.2, 0.25) is 0 Å². The van der Waals surface area contributed by atoms with E-state index in [4.69, 9.17) is 0 Å². The first kappa shape index (κ1) is 14.3. The second-order valence-electron chi connectivity index (χ2n) is 5.27. The molecule has 1 unspecified atom stereocenters. The quantitative estimate of drug-likeness (QED) is 0.911. The maximum atomic E-state index is 4.48. The molecule has 3 rings (SSSR count). The molecule has 1 atom stereocenters. The molecule has 1 aliphatic heterocycles. The van der Waals surface area contributed by atoms with Crippen LogP contribution in [0, 0.1) is 6.92 Å². The van der Waals surface area contributed by atoms with Crippen LogP contribution in [0.1, 0.15) is 18.2 Å². The molecule has 0 bridgehead atoms. The van der Waals surface area contributed by atoms with E-state index in [9.17, 15) is 0 Å². The van der Waals surface area contributed by atoms with Crippen LogP contribution in [-0.4, -0.2) is 40.0 Å². The SMILES string of the molecule is Cc1ccn2c(CN3CCNC(C)C3)cnc2c1.Cl. The summed E-state index contributed by atoms with van der Waals surface area (Å²) >= 11 is 0. The largest absolute Gasteiger partial charge is 0.312 e. The van der Waals surface area contributed by atoms with Crippen molar-refractivity contribution in [3.63, 3.8) is 0 Å². The first-order valence-corrected chi connectivity index (χ1v) is 6.61.